The second-order valence-electron chi connectivity index (χ2n) is 4.24. The maximum Gasteiger partial charge on any atom is 0.363 e. The monoisotopic (exact) mass is 291 g/mol. The predicted molar refractivity (Wildman–Crippen MR) is 71.2 cm³/mol. The average molecular weight is 291 g/mol. The smallest absolute Gasteiger partial charge is 0.363 e. The van der Waals surface area contributed by atoms with E-state index < -0.39 is 23.7 Å². The minimum atomic E-state index is -0.795. The van der Waals surface area contributed by atoms with E-state index in [1.54, 1.807) is 6.92 Å². The van der Waals surface area contributed by atoms with Crippen LogP contribution in [0.1, 0.15) is 26.3 Å². The number of carbonyl (C=O) groups excluding carboxylic acids is 2. The highest BCUT2D eigenvalue weighted by Gasteiger charge is 2.16. The van der Waals surface area contributed by atoms with E-state index in [-0.39, 0.29) is 5.56 Å². The summed E-state index contributed by atoms with van der Waals surface area (Å²) in [5.41, 5.74) is 1.03. The van der Waals surface area contributed by atoms with Crippen LogP contribution in [-0.2, 0) is 4.74 Å². The summed E-state index contributed by atoms with van der Waals surface area (Å²) < 4.78 is 5.20. The molecule has 0 saturated carbocycles. The van der Waals surface area contributed by atoms with E-state index in [4.69, 9.17) is 4.84 Å². The first kappa shape index (κ1) is 14.4. The van der Waals surface area contributed by atoms with Crippen molar-refractivity contribution in [1.82, 2.24) is 4.73 Å². The summed E-state index contributed by atoms with van der Waals surface area (Å²) in [4.78, 5) is 28.2. The third-order valence-corrected chi connectivity index (χ3v) is 2.84. The van der Waals surface area contributed by atoms with Gasteiger partial charge in [0.15, 0.2) is 0 Å². The van der Waals surface area contributed by atoms with Crippen molar-refractivity contribution in [3.8, 4) is 11.8 Å². The lowest BCUT2D eigenvalue weighted by Gasteiger charge is -2.08. The molecule has 0 aliphatic rings. The Morgan fingerprint density at radius 2 is 1.67 bits per heavy atom. The minimum absolute atomic E-state index is 0.160. The number of aryl methyl sites for hydroxylation is 1. The highest BCUT2D eigenvalue weighted by atomic mass is 16.7. The van der Waals surface area contributed by atoms with Gasteiger partial charge in [-0.25, -0.2) is 9.59 Å². The van der Waals surface area contributed by atoms with E-state index in [1.807, 2.05) is 0 Å². The van der Waals surface area contributed by atoms with Gasteiger partial charge >= 0.3 is 11.9 Å². The molecular formula is C14H13NO6. The van der Waals surface area contributed by atoms with Crippen molar-refractivity contribution >= 4 is 11.9 Å². The number of esters is 1. The topological polar surface area (TPSA) is 98.0 Å². The molecule has 0 aliphatic heterocycles. The molecule has 110 valence electrons. The molecule has 0 spiro atoms. The molecule has 0 atom stereocenters. The van der Waals surface area contributed by atoms with Crippen molar-refractivity contribution in [2.75, 3.05) is 7.11 Å². The molecule has 2 aromatic rings. The van der Waals surface area contributed by atoms with Gasteiger partial charge in [-0.05, 0) is 30.7 Å². The van der Waals surface area contributed by atoms with Crippen LogP contribution >= 0.6 is 0 Å². The summed E-state index contributed by atoms with van der Waals surface area (Å²) in [7, 11) is 1.27. The van der Waals surface area contributed by atoms with Crippen molar-refractivity contribution < 1.29 is 29.4 Å². The third kappa shape index (κ3) is 2.81. The number of ether oxygens (including phenoxy) is 1. The zero-order valence-electron chi connectivity index (χ0n) is 11.4. The largest absolute Gasteiger partial charge is 0.492 e. The number of aromatic hydroxyl groups is 2. The number of hydrogen-bond donors (Lipinski definition) is 2. The molecule has 2 N–H and O–H groups in total. The summed E-state index contributed by atoms with van der Waals surface area (Å²) >= 11 is 0. The Morgan fingerprint density at radius 1 is 1.05 bits per heavy atom. The van der Waals surface area contributed by atoms with E-state index in [1.165, 1.54) is 37.4 Å². The fraction of sp³-hybridized carbons (Fsp3) is 0.143. The molecule has 0 aliphatic carbocycles. The molecule has 7 nitrogen and oxygen atoms in total. The van der Waals surface area contributed by atoms with Crippen molar-refractivity contribution in [2.45, 2.75) is 6.92 Å². The van der Waals surface area contributed by atoms with E-state index in [0.717, 1.165) is 0 Å². The van der Waals surface area contributed by atoms with E-state index in [0.29, 0.717) is 15.9 Å². The van der Waals surface area contributed by atoms with Crippen LogP contribution in [0.15, 0.2) is 30.3 Å². The number of benzene rings is 1. The van der Waals surface area contributed by atoms with Crippen LogP contribution in [0.2, 0.25) is 0 Å². The van der Waals surface area contributed by atoms with E-state index in [2.05, 4.69) is 4.74 Å². The molecule has 1 aromatic carbocycles. The molecule has 0 unspecified atom stereocenters. The molecule has 1 heterocycles. The molecule has 0 fully saturated rings. The van der Waals surface area contributed by atoms with Gasteiger partial charge in [-0.1, -0.05) is 0 Å². The second-order valence-corrected chi connectivity index (χ2v) is 4.24. The number of rotatable bonds is 3. The summed E-state index contributed by atoms with van der Waals surface area (Å²) in [6.07, 6.45) is 0. The van der Waals surface area contributed by atoms with Crippen LogP contribution in [0, 0.1) is 6.92 Å². The van der Waals surface area contributed by atoms with E-state index in [9.17, 15) is 19.8 Å². The van der Waals surface area contributed by atoms with Crippen molar-refractivity contribution in [2.24, 2.45) is 0 Å². The summed E-state index contributed by atoms with van der Waals surface area (Å²) in [6.45, 7) is 1.65. The Morgan fingerprint density at radius 3 is 2.19 bits per heavy atom. The molecular weight excluding hydrogens is 278 g/mol. The number of carbonyl (C=O) groups is 2. The minimum Gasteiger partial charge on any atom is -0.492 e. The Kier molecular flexibility index (Phi) is 3.84. The van der Waals surface area contributed by atoms with Gasteiger partial charge in [0.25, 0.3) is 0 Å². The second kappa shape index (κ2) is 5.58. The van der Waals surface area contributed by atoms with Crippen molar-refractivity contribution in [3.63, 3.8) is 0 Å². The summed E-state index contributed by atoms with van der Waals surface area (Å²) in [5.74, 6) is -2.13. The molecule has 2 rings (SSSR count). The molecule has 0 amide bonds. The van der Waals surface area contributed by atoms with Crippen molar-refractivity contribution in [1.29, 1.82) is 0 Å². The van der Waals surface area contributed by atoms with Crippen LogP contribution in [0.3, 0.4) is 0 Å². The average Bonchev–Trinajstić information content (AvgIpc) is 2.78. The van der Waals surface area contributed by atoms with Gasteiger partial charge in [0.05, 0.1) is 18.2 Å². The molecule has 0 radical (unpaired) electrons. The van der Waals surface area contributed by atoms with Gasteiger partial charge in [-0.2, -0.15) is 0 Å². The Balaban J connectivity index is 2.25. The van der Waals surface area contributed by atoms with Crippen LogP contribution in [0.4, 0.5) is 0 Å². The van der Waals surface area contributed by atoms with Gasteiger partial charge < -0.3 is 19.8 Å². The zero-order chi connectivity index (χ0) is 15.6. The van der Waals surface area contributed by atoms with Crippen molar-refractivity contribution in [3.05, 3.63) is 47.0 Å². The Hall–Kier alpha value is -2.96. The molecule has 0 saturated heterocycles. The molecule has 7 heteroatoms. The number of aromatic nitrogens is 1. The van der Waals surface area contributed by atoms with Crippen LogP contribution in [0.5, 0.6) is 11.8 Å². The normalized spacial score (nSPS) is 10.2. The fourth-order valence-corrected chi connectivity index (χ4v) is 1.76. The predicted octanol–water partition coefficient (Wildman–Crippen LogP) is 1.26. The first-order valence-electron chi connectivity index (χ1n) is 5.95. The maximum atomic E-state index is 11.9. The maximum absolute atomic E-state index is 11.9. The quantitative estimate of drug-likeness (QED) is 0.826. The Bertz CT molecular complexity index is 684. The molecule has 21 heavy (non-hydrogen) atoms. The SMILES string of the molecule is COC(=O)c1ccc(C(=O)On2c(O)ccc2O)cc1C. The highest BCUT2D eigenvalue weighted by Crippen LogP contribution is 2.20. The molecule has 1 aromatic heterocycles. The van der Waals surface area contributed by atoms with Gasteiger partial charge in [0.2, 0.25) is 11.8 Å². The van der Waals surface area contributed by atoms with Gasteiger partial charge in [-0.15, -0.1) is 4.73 Å². The summed E-state index contributed by atoms with van der Waals surface area (Å²) in [5, 5.41) is 18.8. The number of hydrogen-bond acceptors (Lipinski definition) is 6. The zero-order valence-corrected chi connectivity index (χ0v) is 11.4. The number of methoxy groups -OCH3 is 1. The molecule has 0 bridgehead atoms. The first-order chi connectivity index (χ1) is 9.93. The van der Waals surface area contributed by atoms with Gasteiger partial charge in [0, 0.05) is 12.1 Å². The Labute approximate surface area is 119 Å². The highest BCUT2D eigenvalue weighted by molar-refractivity contribution is 5.94. The fourth-order valence-electron chi connectivity index (χ4n) is 1.76. The van der Waals surface area contributed by atoms with Crippen LogP contribution in [-0.4, -0.2) is 34.0 Å². The van der Waals surface area contributed by atoms with E-state index >= 15 is 0 Å². The lowest BCUT2D eigenvalue weighted by atomic mass is 10.1. The standard InChI is InChI=1S/C14H13NO6/c1-8-7-9(3-4-10(8)14(19)20-2)13(18)21-15-11(16)5-6-12(15)17/h3-7,16-17H,1-2H3. The van der Waals surface area contributed by atoms with Crippen LogP contribution < -0.4 is 4.84 Å². The van der Waals surface area contributed by atoms with Crippen LogP contribution in [0.25, 0.3) is 0 Å². The third-order valence-electron chi connectivity index (χ3n) is 2.84. The summed E-state index contributed by atoms with van der Waals surface area (Å²) in [6, 6.07) is 6.63. The first-order valence-corrected chi connectivity index (χ1v) is 5.95. The van der Waals surface area contributed by atoms with Gasteiger partial charge in [0.1, 0.15) is 0 Å². The lowest BCUT2D eigenvalue weighted by molar-refractivity contribution is 0.0381. The number of nitrogens with zero attached hydrogens (tertiary/aromatic N) is 1. The lowest BCUT2D eigenvalue weighted by Crippen LogP contribution is -2.19. The van der Waals surface area contributed by atoms with Gasteiger partial charge in [-0.3, -0.25) is 0 Å².